The van der Waals surface area contributed by atoms with Crippen LogP contribution in [-0.2, 0) is 6.42 Å². The van der Waals surface area contributed by atoms with Crippen molar-refractivity contribution in [3.63, 3.8) is 0 Å². The summed E-state index contributed by atoms with van der Waals surface area (Å²) in [5.41, 5.74) is 3.40. The van der Waals surface area contributed by atoms with Crippen LogP contribution in [0.2, 0.25) is 0 Å². The van der Waals surface area contributed by atoms with E-state index in [1.807, 2.05) is 25.1 Å². The van der Waals surface area contributed by atoms with Crippen molar-refractivity contribution in [3.8, 4) is 10.4 Å². The maximum Gasteiger partial charge on any atom is 0.167 e. The van der Waals surface area contributed by atoms with Crippen molar-refractivity contribution in [1.82, 2.24) is 0 Å². The predicted molar refractivity (Wildman–Crippen MR) is 71.7 cm³/mol. The number of hydrogen-bond donors (Lipinski definition) is 0. The lowest BCUT2D eigenvalue weighted by atomic mass is 10.0. The lowest BCUT2D eigenvalue weighted by Gasteiger charge is -2.03. The normalized spacial score (nSPS) is 18.5. The molecule has 0 spiro atoms. The highest BCUT2D eigenvalue weighted by molar-refractivity contribution is 7.16. The van der Waals surface area contributed by atoms with Gasteiger partial charge in [-0.25, -0.2) is 0 Å². The topological polar surface area (TPSA) is 17.1 Å². The smallest absolute Gasteiger partial charge is 0.167 e. The van der Waals surface area contributed by atoms with Crippen molar-refractivity contribution >= 4 is 17.1 Å². The Bertz CT molecular complexity index is 580. The van der Waals surface area contributed by atoms with Crippen LogP contribution in [0.4, 0.5) is 0 Å². The fourth-order valence-electron chi connectivity index (χ4n) is 2.52. The number of rotatable bonds is 1. The molecule has 0 radical (unpaired) electrons. The van der Waals surface area contributed by atoms with E-state index >= 15 is 0 Å². The molecular formula is C15H14OS. The molecule has 0 amide bonds. The summed E-state index contributed by atoms with van der Waals surface area (Å²) in [6, 6.07) is 10.3. The van der Waals surface area contributed by atoms with Crippen LogP contribution >= 0.6 is 11.3 Å². The first-order valence-corrected chi connectivity index (χ1v) is 6.72. The molecule has 1 nitrogen and oxygen atoms in total. The number of carbonyl (C=O) groups excluding carboxylic acids is 1. The molecule has 0 saturated carbocycles. The van der Waals surface area contributed by atoms with E-state index in [1.54, 1.807) is 11.3 Å². The molecule has 0 fully saturated rings. The molecule has 1 aromatic heterocycles. The van der Waals surface area contributed by atoms with E-state index in [-0.39, 0.29) is 5.92 Å². The average molecular weight is 242 g/mol. The Morgan fingerprint density at radius 2 is 1.94 bits per heavy atom. The Kier molecular flexibility index (Phi) is 2.40. The van der Waals surface area contributed by atoms with Crippen molar-refractivity contribution < 1.29 is 4.79 Å². The minimum absolute atomic E-state index is 0.180. The fourth-order valence-corrected chi connectivity index (χ4v) is 3.97. The molecule has 17 heavy (non-hydrogen) atoms. The Hall–Kier alpha value is -1.41. The minimum atomic E-state index is 0.180. The molecule has 2 aromatic rings. The maximum absolute atomic E-state index is 12.1. The first-order chi connectivity index (χ1) is 8.18. The molecule has 86 valence electrons. The van der Waals surface area contributed by atoms with E-state index in [0.29, 0.717) is 5.78 Å². The van der Waals surface area contributed by atoms with Gasteiger partial charge in [-0.3, -0.25) is 4.79 Å². The lowest BCUT2D eigenvalue weighted by Crippen LogP contribution is -2.04. The molecule has 2 heteroatoms. The highest BCUT2D eigenvalue weighted by Gasteiger charge is 2.32. The second-order valence-electron chi connectivity index (χ2n) is 4.69. The number of Topliss-reactive ketones (excluding diaryl/α,β-unsaturated/α-hetero) is 1. The van der Waals surface area contributed by atoms with Gasteiger partial charge in [-0.2, -0.15) is 0 Å². The minimum Gasteiger partial charge on any atom is -0.294 e. The summed E-state index contributed by atoms with van der Waals surface area (Å²) in [7, 11) is 0. The standard InChI is InChI=1S/C15H14OS/c1-9-8-12-13(14(9)16)10(2)15(17-12)11-6-4-3-5-7-11/h3-7,9H,8H2,1-2H3. The van der Waals surface area contributed by atoms with Crippen molar-refractivity contribution in [3.05, 3.63) is 46.3 Å². The highest BCUT2D eigenvalue weighted by atomic mass is 32.1. The molecule has 0 bridgehead atoms. The van der Waals surface area contributed by atoms with Gasteiger partial charge in [-0.15, -0.1) is 11.3 Å². The Morgan fingerprint density at radius 1 is 1.24 bits per heavy atom. The molecule has 1 atom stereocenters. The molecule has 3 rings (SSSR count). The first-order valence-electron chi connectivity index (χ1n) is 5.90. The summed E-state index contributed by atoms with van der Waals surface area (Å²) in [6.45, 7) is 4.10. The van der Waals surface area contributed by atoms with Gasteiger partial charge in [0.2, 0.25) is 0 Å². The number of fused-ring (bicyclic) bond motifs is 1. The molecule has 0 aliphatic heterocycles. The van der Waals surface area contributed by atoms with Crippen molar-refractivity contribution in [2.24, 2.45) is 5.92 Å². The van der Waals surface area contributed by atoms with Crippen molar-refractivity contribution in [2.45, 2.75) is 20.3 Å². The van der Waals surface area contributed by atoms with Crippen LogP contribution in [0, 0.1) is 12.8 Å². The van der Waals surface area contributed by atoms with Crippen LogP contribution in [0.25, 0.3) is 10.4 Å². The SMILES string of the molecule is Cc1c(-c2ccccc2)sc2c1C(=O)C(C)C2. The summed E-state index contributed by atoms with van der Waals surface area (Å²) >= 11 is 1.79. The molecule has 1 unspecified atom stereocenters. The van der Waals surface area contributed by atoms with Crippen molar-refractivity contribution in [2.75, 3.05) is 0 Å². The van der Waals surface area contributed by atoms with Crippen molar-refractivity contribution in [1.29, 1.82) is 0 Å². The van der Waals surface area contributed by atoms with E-state index in [1.165, 1.54) is 20.9 Å². The third-order valence-electron chi connectivity index (χ3n) is 3.44. The summed E-state index contributed by atoms with van der Waals surface area (Å²) in [5.74, 6) is 0.510. The molecular weight excluding hydrogens is 228 g/mol. The number of thiophene rings is 1. The van der Waals surface area contributed by atoms with Gasteiger partial charge < -0.3 is 0 Å². The molecule has 1 aliphatic rings. The number of ketones is 1. The predicted octanol–water partition coefficient (Wildman–Crippen LogP) is 4.10. The van der Waals surface area contributed by atoms with Gasteiger partial charge in [0.1, 0.15) is 0 Å². The van der Waals surface area contributed by atoms with Gasteiger partial charge in [-0.05, 0) is 24.5 Å². The maximum atomic E-state index is 12.1. The van der Waals surface area contributed by atoms with E-state index in [2.05, 4.69) is 19.1 Å². The Balaban J connectivity index is 2.15. The first kappa shape index (κ1) is 10.7. The lowest BCUT2D eigenvalue weighted by molar-refractivity contribution is 0.0946. The quantitative estimate of drug-likeness (QED) is 0.736. The van der Waals surface area contributed by atoms with Gasteiger partial charge in [0.15, 0.2) is 5.78 Å². The largest absolute Gasteiger partial charge is 0.294 e. The Morgan fingerprint density at radius 3 is 2.59 bits per heavy atom. The number of carbonyl (C=O) groups is 1. The average Bonchev–Trinajstić information content (AvgIpc) is 2.80. The third kappa shape index (κ3) is 1.55. The number of hydrogen-bond acceptors (Lipinski definition) is 2. The summed E-state index contributed by atoms with van der Waals surface area (Å²) in [6.07, 6.45) is 0.923. The highest BCUT2D eigenvalue weighted by Crippen LogP contribution is 2.42. The second-order valence-corrected chi connectivity index (χ2v) is 5.79. The summed E-state index contributed by atoms with van der Waals surface area (Å²) in [5, 5.41) is 0. The molecule has 1 aromatic carbocycles. The van der Waals surface area contributed by atoms with Crippen LogP contribution in [0.5, 0.6) is 0 Å². The van der Waals surface area contributed by atoms with Crippen LogP contribution in [0.1, 0.15) is 27.7 Å². The zero-order valence-electron chi connectivity index (χ0n) is 9.99. The molecule has 0 N–H and O–H groups in total. The van der Waals surface area contributed by atoms with Gasteiger partial charge in [0.25, 0.3) is 0 Å². The molecule has 0 saturated heterocycles. The summed E-state index contributed by atoms with van der Waals surface area (Å²) in [4.78, 5) is 14.6. The molecule has 1 aliphatic carbocycles. The third-order valence-corrected chi connectivity index (χ3v) is 4.80. The van der Waals surface area contributed by atoms with Gasteiger partial charge in [0, 0.05) is 21.2 Å². The fraction of sp³-hybridized carbons (Fsp3) is 0.267. The Labute approximate surface area is 105 Å². The van der Waals surface area contributed by atoms with E-state index < -0.39 is 0 Å². The van der Waals surface area contributed by atoms with E-state index in [9.17, 15) is 4.79 Å². The van der Waals surface area contributed by atoms with E-state index in [4.69, 9.17) is 0 Å². The van der Waals surface area contributed by atoms with E-state index in [0.717, 1.165) is 12.0 Å². The van der Waals surface area contributed by atoms with Crippen LogP contribution in [0.3, 0.4) is 0 Å². The monoisotopic (exact) mass is 242 g/mol. The summed E-state index contributed by atoms with van der Waals surface area (Å²) < 4.78 is 0. The van der Waals surface area contributed by atoms with Gasteiger partial charge in [0.05, 0.1) is 0 Å². The van der Waals surface area contributed by atoms with Gasteiger partial charge in [-0.1, -0.05) is 37.3 Å². The zero-order chi connectivity index (χ0) is 12.0. The second kappa shape index (κ2) is 3.81. The number of benzene rings is 1. The molecule has 1 heterocycles. The van der Waals surface area contributed by atoms with Crippen LogP contribution in [0.15, 0.2) is 30.3 Å². The van der Waals surface area contributed by atoms with Gasteiger partial charge >= 0.3 is 0 Å². The van der Waals surface area contributed by atoms with Crippen LogP contribution < -0.4 is 0 Å². The van der Waals surface area contributed by atoms with Crippen LogP contribution in [-0.4, -0.2) is 5.78 Å². The zero-order valence-corrected chi connectivity index (χ0v) is 10.8.